The molecule has 146 valence electrons. The molecular weight excluding hydrogens is 364 g/mol. The van der Waals surface area contributed by atoms with Crippen molar-refractivity contribution in [3.63, 3.8) is 0 Å². The molecule has 0 aliphatic rings. The number of nitrogens with one attached hydrogen (secondary N) is 4. The lowest BCUT2D eigenvalue weighted by Crippen LogP contribution is -2.33. The molecule has 0 unspecified atom stereocenters. The average molecular weight is 384 g/mol. The number of carbonyl (C=O) groups excluding carboxylic acids is 2. The van der Waals surface area contributed by atoms with Gasteiger partial charge in [0, 0.05) is 23.9 Å². The predicted molar refractivity (Wildman–Crippen MR) is 103 cm³/mol. The molecule has 1 aromatic carbocycles. The number of amides is 2. The normalized spacial score (nSPS) is 10.0. The van der Waals surface area contributed by atoms with Gasteiger partial charge < -0.3 is 26.8 Å². The second-order valence-electron chi connectivity index (χ2n) is 5.76. The molecule has 0 fully saturated rings. The number of aromatic nitrogens is 1. The van der Waals surface area contributed by atoms with Crippen LogP contribution in [0.4, 0.5) is 11.5 Å². The Bertz CT molecular complexity index is 899. The second-order valence-corrected chi connectivity index (χ2v) is 5.76. The Labute approximate surface area is 160 Å². The van der Waals surface area contributed by atoms with E-state index in [-0.39, 0.29) is 31.2 Å². The van der Waals surface area contributed by atoms with Crippen LogP contribution in [0.5, 0.6) is 0 Å². The Hall–Kier alpha value is -3.95. The molecular formula is C18H20N6O4. The average Bonchev–Trinajstić information content (AvgIpc) is 2.65. The highest BCUT2D eigenvalue weighted by molar-refractivity contribution is 6.00. The monoisotopic (exact) mass is 384 g/mol. The standard InChI is InChI=1S/C18H20N6O4/c19-18(20)23-13-5-1-3-12(9-13)17(28)22-10-14(25)24-16-11(4-2-8-21-16)6-7-15(26)27/h1-5,8-9H,6-7,10H2,(H,22,28)(H,26,27)(H4,19,20,23)(H,21,24,25). The van der Waals surface area contributed by atoms with E-state index < -0.39 is 17.8 Å². The van der Waals surface area contributed by atoms with E-state index in [4.69, 9.17) is 16.2 Å². The van der Waals surface area contributed by atoms with Gasteiger partial charge in [-0.1, -0.05) is 12.1 Å². The quantitative estimate of drug-likeness (QED) is 0.288. The lowest BCUT2D eigenvalue weighted by Gasteiger charge is -2.10. The van der Waals surface area contributed by atoms with E-state index in [1.165, 1.54) is 12.3 Å². The molecule has 0 radical (unpaired) electrons. The largest absolute Gasteiger partial charge is 0.481 e. The van der Waals surface area contributed by atoms with Crippen molar-refractivity contribution in [1.82, 2.24) is 10.3 Å². The van der Waals surface area contributed by atoms with Crippen molar-refractivity contribution < 1.29 is 19.5 Å². The van der Waals surface area contributed by atoms with Gasteiger partial charge in [-0.05, 0) is 36.2 Å². The molecule has 1 aromatic heterocycles. The van der Waals surface area contributed by atoms with Crippen LogP contribution in [-0.2, 0) is 16.0 Å². The summed E-state index contributed by atoms with van der Waals surface area (Å²) in [5, 5.41) is 23.6. The third-order valence-electron chi connectivity index (χ3n) is 3.57. The molecule has 1 heterocycles. The summed E-state index contributed by atoms with van der Waals surface area (Å²) >= 11 is 0. The van der Waals surface area contributed by atoms with Crippen molar-refractivity contribution in [1.29, 1.82) is 5.41 Å². The van der Waals surface area contributed by atoms with E-state index >= 15 is 0 Å². The number of aliphatic carboxylic acids is 1. The van der Waals surface area contributed by atoms with E-state index in [1.807, 2.05) is 0 Å². The third-order valence-corrected chi connectivity index (χ3v) is 3.57. The fourth-order valence-corrected chi connectivity index (χ4v) is 2.33. The van der Waals surface area contributed by atoms with Crippen LogP contribution in [0.25, 0.3) is 0 Å². The van der Waals surface area contributed by atoms with Crippen molar-refractivity contribution in [2.24, 2.45) is 5.73 Å². The van der Waals surface area contributed by atoms with Crippen LogP contribution in [-0.4, -0.2) is 40.4 Å². The molecule has 0 aliphatic carbocycles. The summed E-state index contributed by atoms with van der Waals surface area (Å²) in [4.78, 5) is 39.1. The van der Waals surface area contributed by atoms with Crippen molar-refractivity contribution in [2.45, 2.75) is 12.8 Å². The first-order valence-electron chi connectivity index (χ1n) is 8.30. The van der Waals surface area contributed by atoms with Crippen molar-refractivity contribution in [2.75, 3.05) is 17.2 Å². The van der Waals surface area contributed by atoms with Crippen molar-refractivity contribution in [3.8, 4) is 0 Å². The highest BCUT2D eigenvalue weighted by atomic mass is 16.4. The Kier molecular flexibility index (Phi) is 7.03. The van der Waals surface area contributed by atoms with Gasteiger partial charge in [-0.15, -0.1) is 0 Å². The number of rotatable bonds is 8. The zero-order chi connectivity index (χ0) is 20.5. The molecule has 0 aliphatic heterocycles. The van der Waals surface area contributed by atoms with Gasteiger partial charge in [-0.2, -0.15) is 0 Å². The molecule has 2 amide bonds. The molecule has 28 heavy (non-hydrogen) atoms. The van der Waals surface area contributed by atoms with Gasteiger partial charge in [0.2, 0.25) is 5.91 Å². The third kappa shape index (κ3) is 6.41. The lowest BCUT2D eigenvalue weighted by atomic mass is 10.1. The van der Waals surface area contributed by atoms with E-state index in [1.54, 1.807) is 30.3 Å². The second kappa shape index (κ2) is 9.67. The van der Waals surface area contributed by atoms with Crippen LogP contribution in [0, 0.1) is 5.41 Å². The molecule has 0 bridgehead atoms. The van der Waals surface area contributed by atoms with Gasteiger partial charge in [0.25, 0.3) is 5.91 Å². The number of hydrogen-bond donors (Lipinski definition) is 6. The first-order chi connectivity index (χ1) is 13.3. The Balaban J connectivity index is 1.93. The molecule has 0 saturated carbocycles. The maximum atomic E-state index is 12.2. The first-order valence-corrected chi connectivity index (χ1v) is 8.30. The van der Waals surface area contributed by atoms with Gasteiger partial charge in [0.15, 0.2) is 5.96 Å². The molecule has 2 rings (SSSR count). The summed E-state index contributed by atoms with van der Waals surface area (Å²) in [5.41, 5.74) is 6.61. The van der Waals surface area contributed by atoms with Crippen LogP contribution in [0.2, 0.25) is 0 Å². The van der Waals surface area contributed by atoms with Crippen molar-refractivity contribution >= 4 is 35.2 Å². The van der Waals surface area contributed by atoms with Gasteiger partial charge in [0.05, 0.1) is 6.54 Å². The number of anilines is 2. The summed E-state index contributed by atoms with van der Waals surface area (Å²) in [6.45, 7) is -0.294. The number of benzene rings is 1. The number of nitrogens with two attached hydrogens (primary N) is 1. The van der Waals surface area contributed by atoms with Crippen molar-refractivity contribution in [3.05, 3.63) is 53.7 Å². The Morgan fingerprint density at radius 3 is 2.64 bits per heavy atom. The fraction of sp³-hybridized carbons (Fsp3) is 0.167. The zero-order valence-electron chi connectivity index (χ0n) is 14.9. The number of pyridine rings is 1. The maximum Gasteiger partial charge on any atom is 0.303 e. The van der Waals surface area contributed by atoms with Gasteiger partial charge in [0.1, 0.15) is 5.82 Å². The summed E-state index contributed by atoms with van der Waals surface area (Å²) in [6, 6.07) is 9.64. The van der Waals surface area contributed by atoms with Gasteiger partial charge in [-0.25, -0.2) is 4.98 Å². The zero-order valence-corrected chi connectivity index (χ0v) is 14.9. The molecule has 2 aromatic rings. The van der Waals surface area contributed by atoms with E-state index in [0.717, 1.165) is 0 Å². The molecule has 7 N–H and O–H groups in total. The highest BCUT2D eigenvalue weighted by Crippen LogP contribution is 2.14. The molecule has 10 nitrogen and oxygen atoms in total. The number of aryl methyl sites for hydroxylation is 1. The van der Waals surface area contributed by atoms with Gasteiger partial charge in [-0.3, -0.25) is 19.8 Å². The number of hydrogen-bond acceptors (Lipinski definition) is 5. The van der Waals surface area contributed by atoms with Gasteiger partial charge >= 0.3 is 5.97 Å². The maximum absolute atomic E-state index is 12.2. The number of carboxylic acids is 1. The molecule has 0 atom stereocenters. The Morgan fingerprint density at radius 1 is 1.14 bits per heavy atom. The number of nitrogens with zero attached hydrogens (tertiary/aromatic N) is 1. The van der Waals surface area contributed by atoms with Crippen LogP contribution in [0.3, 0.4) is 0 Å². The smallest absolute Gasteiger partial charge is 0.303 e. The van der Waals surface area contributed by atoms with E-state index in [0.29, 0.717) is 16.8 Å². The topological polar surface area (TPSA) is 170 Å². The highest BCUT2D eigenvalue weighted by Gasteiger charge is 2.12. The van der Waals surface area contributed by atoms with Crippen LogP contribution in [0.1, 0.15) is 22.3 Å². The number of guanidine groups is 1. The van der Waals surface area contributed by atoms with E-state index in [9.17, 15) is 14.4 Å². The predicted octanol–water partition coefficient (Wildman–Crippen LogP) is 0.773. The van der Waals surface area contributed by atoms with Crippen LogP contribution >= 0.6 is 0 Å². The minimum Gasteiger partial charge on any atom is -0.481 e. The van der Waals surface area contributed by atoms with E-state index in [2.05, 4.69) is 20.9 Å². The SMILES string of the molecule is N=C(N)Nc1cccc(C(=O)NCC(=O)Nc2ncccc2CCC(=O)O)c1. The molecule has 0 saturated heterocycles. The first kappa shape index (κ1) is 20.4. The summed E-state index contributed by atoms with van der Waals surface area (Å²) in [6.07, 6.45) is 1.61. The van der Waals surface area contributed by atoms with Crippen LogP contribution in [0.15, 0.2) is 42.6 Å². The Morgan fingerprint density at radius 2 is 1.93 bits per heavy atom. The number of carboxylic acid groups (broad SMARTS) is 1. The minimum absolute atomic E-state index is 0.0874. The number of carbonyl (C=O) groups is 3. The summed E-state index contributed by atoms with van der Waals surface area (Å²) in [5.74, 6) is -1.92. The lowest BCUT2D eigenvalue weighted by molar-refractivity contribution is -0.136. The molecule has 10 heteroatoms. The van der Waals surface area contributed by atoms with Crippen LogP contribution < -0.4 is 21.7 Å². The summed E-state index contributed by atoms with van der Waals surface area (Å²) in [7, 11) is 0. The molecule has 0 spiro atoms. The fourth-order valence-electron chi connectivity index (χ4n) is 2.33. The summed E-state index contributed by atoms with van der Waals surface area (Å²) < 4.78 is 0. The minimum atomic E-state index is -0.949.